The molecule has 4 atom stereocenters. The summed E-state index contributed by atoms with van der Waals surface area (Å²) in [4.78, 5) is 22.6. The minimum absolute atomic E-state index is 0.185. The summed E-state index contributed by atoms with van der Waals surface area (Å²) >= 11 is 0. The first-order valence-corrected chi connectivity index (χ1v) is 11.0. The fourth-order valence-corrected chi connectivity index (χ4v) is 3.75. The van der Waals surface area contributed by atoms with Crippen molar-refractivity contribution in [3.8, 4) is 0 Å². The average molecular weight is 425 g/mol. The van der Waals surface area contributed by atoms with E-state index in [1.54, 1.807) is 0 Å². The number of aliphatic hydroxyl groups is 1. The van der Waals surface area contributed by atoms with Gasteiger partial charge in [0.05, 0.1) is 12.7 Å². The molecule has 0 aliphatic carbocycles. The predicted molar refractivity (Wildman–Crippen MR) is 117 cm³/mol. The van der Waals surface area contributed by atoms with E-state index in [9.17, 15) is 14.7 Å². The van der Waals surface area contributed by atoms with E-state index in [1.165, 1.54) is 13.8 Å². The highest BCUT2D eigenvalue weighted by Crippen LogP contribution is 2.34. The predicted octanol–water partition coefficient (Wildman–Crippen LogP) is 4.50. The van der Waals surface area contributed by atoms with Crippen LogP contribution < -0.4 is 0 Å². The molecule has 6 nitrogen and oxygen atoms in total. The molecule has 0 spiro atoms. The summed E-state index contributed by atoms with van der Waals surface area (Å²) in [6.07, 6.45) is 6.63. The van der Waals surface area contributed by atoms with Gasteiger partial charge in [-0.3, -0.25) is 9.59 Å². The first-order chi connectivity index (χ1) is 14.0. The maximum Gasteiger partial charge on any atom is 0.303 e. The SMILES string of the molecule is C=C(C)CCC(O)C(C)CCCC1(C)OC/C(=C/COC(C)=O)CC[C@H]1OC(C)=O. The van der Waals surface area contributed by atoms with Gasteiger partial charge in [-0.1, -0.05) is 18.9 Å². The van der Waals surface area contributed by atoms with Gasteiger partial charge in [0.25, 0.3) is 0 Å². The molecule has 1 aliphatic rings. The number of ether oxygens (including phenoxy) is 3. The van der Waals surface area contributed by atoms with Crippen LogP contribution in [0.2, 0.25) is 0 Å². The van der Waals surface area contributed by atoms with Crippen LogP contribution >= 0.6 is 0 Å². The zero-order chi connectivity index (χ0) is 22.7. The number of aliphatic hydroxyl groups excluding tert-OH is 1. The molecular formula is C24H40O6. The van der Waals surface area contributed by atoms with E-state index in [0.29, 0.717) is 13.0 Å². The maximum absolute atomic E-state index is 11.6. The van der Waals surface area contributed by atoms with Crippen molar-refractivity contribution in [2.24, 2.45) is 5.92 Å². The highest BCUT2D eigenvalue weighted by atomic mass is 16.6. The van der Waals surface area contributed by atoms with E-state index >= 15 is 0 Å². The highest BCUT2D eigenvalue weighted by Gasteiger charge is 2.39. The smallest absolute Gasteiger partial charge is 0.303 e. The molecule has 0 radical (unpaired) electrons. The van der Waals surface area contributed by atoms with Gasteiger partial charge in [0.2, 0.25) is 0 Å². The van der Waals surface area contributed by atoms with Crippen molar-refractivity contribution in [2.45, 2.75) is 97.4 Å². The first kappa shape index (κ1) is 26.4. The van der Waals surface area contributed by atoms with Crippen LogP contribution in [0.1, 0.15) is 79.6 Å². The molecule has 1 aliphatic heterocycles. The van der Waals surface area contributed by atoms with E-state index < -0.39 is 5.60 Å². The van der Waals surface area contributed by atoms with Crippen LogP contribution in [-0.2, 0) is 23.8 Å². The highest BCUT2D eigenvalue weighted by molar-refractivity contribution is 5.66. The van der Waals surface area contributed by atoms with E-state index in [4.69, 9.17) is 14.2 Å². The molecule has 30 heavy (non-hydrogen) atoms. The monoisotopic (exact) mass is 424 g/mol. The Balaban J connectivity index is 2.68. The van der Waals surface area contributed by atoms with E-state index in [0.717, 1.165) is 49.7 Å². The second-order valence-corrected chi connectivity index (χ2v) is 8.84. The van der Waals surface area contributed by atoms with Crippen molar-refractivity contribution in [2.75, 3.05) is 13.2 Å². The number of hydrogen-bond acceptors (Lipinski definition) is 6. The van der Waals surface area contributed by atoms with Gasteiger partial charge in [-0.25, -0.2) is 0 Å². The molecule has 1 N–H and O–H groups in total. The summed E-state index contributed by atoms with van der Waals surface area (Å²) in [6.45, 7) is 13.4. The minimum Gasteiger partial charge on any atom is -0.462 e. The minimum atomic E-state index is -0.592. The summed E-state index contributed by atoms with van der Waals surface area (Å²) in [7, 11) is 0. The van der Waals surface area contributed by atoms with E-state index in [-0.39, 0.29) is 36.7 Å². The normalized spacial score (nSPS) is 25.3. The lowest BCUT2D eigenvalue weighted by atomic mass is 9.86. The number of rotatable bonds is 11. The van der Waals surface area contributed by atoms with Gasteiger partial charge in [-0.2, -0.15) is 0 Å². The topological polar surface area (TPSA) is 82.1 Å². The first-order valence-electron chi connectivity index (χ1n) is 11.0. The van der Waals surface area contributed by atoms with E-state index in [1.807, 2.05) is 19.9 Å². The number of hydrogen-bond donors (Lipinski definition) is 1. The van der Waals surface area contributed by atoms with Crippen molar-refractivity contribution >= 4 is 11.9 Å². The number of esters is 2. The van der Waals surface area contributed by atoms with Crippen molar-refractivity contribution in [1.82, 2.24) is 0 Å². The second kappa shape index (κ2) is 12.9. The van der Waals surface area contributed by atoms with Gasteiger partial charge >= 0.3 is 11.9 Å². The van der Waals surface area contributed by atoms with Gasteiger partial charge in [0, 0.05) is 13.8 Å². The zero-order valence-electron chi connectivity index (χ0n) is 19.4. The molecule has 0 bridgehead atoms. The fraction of sp³-hybridized carbons (Fsp3) is 0.750. The van der Waals surface area contributed by atoms with Gasteiger partial charge in [-0.05, 0) is 69.9 Å². The Labute approximate surface area is 181 Å². The average Bonchev–Trinajstić information content (AvgIpc) is 2.79. The van der Waals surface area contributed by atoms with Gasteiger partial charge in [0.15, 0.2) is 0 Å². The molecule has 1 rings (SSSR count). The summed E-state index contributed by atoms with van der Waals surface area (Å²) < 4.78 is 16.8. The van der Waals surface area contributed by atoms with Crippen molar-refractivity contribution in [1.29, 1.82) is 0 Å². The largest absolute Gasteiger partial charge is 0.462 e. The summed E-state index contributed by atoms with van der Waals surface area (Å²) in [5.74, 6) is -0.445. The lowest BCUT2D eigenvalue weighted by Gasteiger charge is -2.35. The standard InChI is InChI=1S/C24H40O6/c1-17(2)9-11-22(27)18(3)8-7-14-24(6)23(30-20(5)26)12-10-21(16-29-24)13-15-28-19(4)25/h13,18,22-23,27H,1,7-12,14-16H2,2-6H3/b21-13+/t18?,22?,23-,24?/m1/s1. The third-order valence-corrected chi connectivity index (χ3v) is 5.82. The van der Waals surface area contributed by atoms with Crippen LogP contribution in [0.4, 0.5) is 0 Å². The Morgan fingerprint density at radius 2 is 2.00 bits per heavy atom. The Hall–Kier alpha value is -1.66. The molecule has 1 heterocycles. The number of carbonyl (C=O) groups excluding carboxylic acids is 2. The molecule has 0 amide bonds. The Morgan fingerprint density at radius 1 is 1.30 bits per heavy atom. The number of carbonyl (C=O) groups is 2. The lowest BCUT2D eigenvalue weighted by Crippen LogP contribution is -2.43. The third-order valence-electron chi connectivity index (χ3n) is 5.82. The third kappa shape index (κ3) is 9.90. The molecule has 1 saturated heterocycles. The van der Waals surface area contributed by atoms with Crippen LogP contribution in [0.3, 0.4) is 0 Å². The Morgan fingerprint density at radius 3 is 2.60 bits per heavy atom. The van der Waals surface area contributed by atoms with E-state index in [2.05, 4.69) is 13.5 Å². The van der Waals surface area contributed by atoms with Crippen LogP contribution in [-0.4, -0.2) is 48.1 Å². The molecule has 0 aromatic heterocycles. The Bertz CT molecular complexity index is 611. The van der Waals surface area contributed by atoms with Crippen LogP contribution in [0.25, 0.3) is 0 Å². The van der Waals surface area contributed by atoms with Crippen molar-refractivity contribution < 1.29 is 28.9 Å². The quantitative estimate of drug-likeness (QED) is 0.388. The Kier molecular flexibility index (Phi) is 11.3. The van der Waals surface area contributed by atoms with Gasteiger partial charge in [-0.15, -0.1) is 6.58 Å². The summed E-state index contributed by atoms with van der Waals surface area (Å²) in [5.41, 5.74) is 1.54. The van der Waals surface area contributed by atoms with Crippen molar-refractivity contribution in [3.05, 3.63) is 23.8 Å². The summed E-state index contributed by atoms with van der Waals surface area (Å²) in [6, 6.07) is 0. The molecule has 172 valence electrons. The molecular weight excluding hydrogens is 384 g/mol. The summed E-state index contributed by atoms with van der Waals surface area (Å²) in [5, 5.41) is 10.4. The number of allylic oxidation sites excluding steroid dienone is 1. The van der Waals surface area contributed by atoms with Gasteiger partial charge < -0.3 is 19.3 Å². The van der Waals surface area contributed by atoms with Crippen molar-refractivity contribution in [3.63, 3.8) is 0 Å². The zero-order valence-corrected chi connectivity index (χ0v) is 19.4. The molecule has 6 heteroatoms. The van der Waals surface area contributed by atoms with Crippen LogP contribution in [0, 0.1) is 5.92 Å². The fourth-order valence-electron chi connectivity index (χ4n) is 3.75. The van der Waals surface area contributed by atoms with Crippen LogP contribution in [0.5, 0.6) is 0 Å². The maximum atomic E-state index is 11.6. The molecule has 1 fully saturated rings. The lowest BCUT2D eigenvalue weighted by molar-refractivity contribution is -0.167. The molecule has 0 saturated carbocycles. The molecule has 0 aromatic rings. The molecule has 0 aromatic carbocycles. The van der Waals surface area contributed by atoms with Crippen LogP contribution in [0.15, 0.2) is 23.8 Å². The second-order valence-electron chi connectivity index (χ2n) is 8.84. The molecule has 3 unspecified atom stereocenters. The van der Waals surface area contributed by atoms with Gasteiger partial charge in [0.1, 0.15) is 18.3 Å².